The van der Waals surface area contributed by atoms with Crippen LogP contribution in [-0.2, 0) is 6.42 Å². The first kappa shape index (κ1) is 9.39. The smallest absolute Gasteiger partial charge is 0.171 e. The summed E-state index contributed by atoms with van der Waals surface area (Å²) in [4.78, 5) is 0. The SMILES string of the molecule is FC(F)(F)Cc1cccc(Cl)c1. The number of halogens is 4. The predicted molar refractivity (Wildman–Crippen MR) is 41.2 cm³/mol. The van der Waals surface area contributed by atoms with E-state index in [1.165, 1.54) is 18.2 Å². The molecule has 12 heavy (non-hydrogen) atoms. The van der Waals surface area contributed by atoms with E-state index in [2.05, 4.69) is 0 Å². The molecule has 1 aromatic rings. The minimum absolute atomic E-state index is 0.190. The van der Waals surface area contributed by atoms with Crippen molar-refractivity contribution in [2.75, 3.05) is 0 Å². The van der Waals surface area contributed by atoms with Gasteiger partial charge in [-0.3, -0.25) is 0 Å². The van der Waals surface area contributed by atoms with Gasteiger partial charge in [0.25, 0.3) is 0 Å². The van der Waals surface area contributed by atoms with Crippen LogP contribution in [0.2, 0.25) is 5.02 Å². The Labute approximate surface area is 73.0 Å². The van der Waals surface area contributed by atoms with E-state index in [-0.39, 0.29) is 5.56 Å². The van der Waals surface area contributed by atoms with Crippen LogP contribution in [0.25, 0.3) is 0 Å². The summed E-state index contributed by atoms with van der Waals surface area (Å²) in [6.45, 7) is 0. The predicted octanol–water partition coefficient (Wildman–Crippen LogP) is 3.44. The molecule has 0 saturated heterocycles. The van der Waals surface area contributed by atoms with Gasteiger partial charge in [-0.1, -0.05) is 23.7 Å². The van der Waals surface area contributed by atoms with Gasteiger partial charge in [-0.25, -0.2) is 0 Å². The topological polar surface area (TPSA) is 0 Å². The molecule has 0 bridgehead atoms. The largest absolute Gasteiger partial charge is 0.393 e. The van der Waals surface area contributed by atoms with Gasteiger partial charge < -0.3 is 0 Å². The molecular formula is C8H6ClF3. The Kier molecular flexibility index (Phi) is 2.62. The van der Waals surface area contributed by atoms with Crippen LogP contribution in [0, 0.1) is 0 Å². The van der Waals surface area contributed by atoms with Crippen LogP contribution in [0.4, 0.5) is 13.2 Å². The average molecular weight is 195 g/mol. The van der Waals surface area contributed by atoms with Gasteiger partial charge in [-0.15, -0.1) is 0 Å². The quantitative estimate of drug-likeness (QED) is 0.643. The number of hydrogen-bond acceptors (Lipinski definition) is 0. The van der Waals surface area contributed by atoms with Gasteiger partial charge in [0.05, 0.1) is 6.42 Å². The highest BCUT2D eigenvalue weighted by Gasteiger charge is 2.27. The van der Waals surface area contributed by atoms with Gasteiger partial charge in [0.15, 0.2) is 0 Å². The highest BCUT2D eigenvalue weighted by Crippen LogP contribution is 2.22. The van der Waals surface area contributed by atoms with Gasteiger partial charge >= 0.3 is 6.18 Å². The number of alkyl halides is 3. The Balaban J connectivity index is 2.77. The minimum atomic E-state index is -4.16. The first-order valence-electron chi connectivity index (χ1n) is 3.28. The summed E-state index contributed by atoms with van der Waals surface area (Å²) < 4.78 is 35.5. The molecule has 0 spiro atoms. The molecule has 0 aliphatic heterocycles. The second-order valence-electron chi connectivity index (χ2n) is 2.42. The number of rotatable bonds is 1. The third kappa shape index (κ3) is 3.13. The molecule has 66 valence electrons. The fourth-order valence-corrected chi connectivity index (χ4v) is 1.09. The van der Waals surface area contributed by atoms with E-state index >= 15 is 0 Å². The molecule has 0 saturated carbocycles. The normalized spacial score (nSPS) is 11.7. The van der Waals surface area contributed by atoms with Crippen molar-refractivity contribution in [1.82, 2.24) is 0 Å². The van der Waals surface area contributed by atoms with Crippen LogP contribution in [0.3, 0.4) is 0 Å². The van der Waals surface area contributed by atoms with Crippen LogP contribution in [0.1, 0.15) is 5.56 Å². The van der Waals surface area contributed by atoms with Gasteiger partial charge in [0.1, 0.15) is 0 Å². The first-order valence-corrected chi connectivity index (χ1v) is 3.66. The monoisotopic (exact) mass is 194 g/mol. The molecular weight excluding hydrogens is 189 g/mol. The highest BCUT2D eigenvalue weighted by molar-refractivity contribution is 6.30. The molecule has 0 radical (unpaired) electrons. The summed E-state index contributed by atoms with van der Waals surface area (Å²) in [5.74, 6) is 0. The van der Waals surface area contributed by atoms with E-state index in [4.69, 9.17) is 11.6 Å². The summed E-state index contributed by atoms with van der Waals surface area (Å²) in [5, 5.41) is 0.330. The Morgan fingerprint density at radius 1 is 1.25 bits per heavy atom. The van der Waals surface area contributed by atoms with Gasteiger partial charge in [0.2, 0.25) is 0 Å². The molecule has 0 amide bonds. The van der Waals surface area contributed by atoms with Crippen molar-refractivity contribution >= 4 is 11.6 Å². The highest BCUT2D eigenvalue weighted by atomic mass is 35.5. The minimum Gasteiger partial charge on any atom is -0.171 e. The fourth-order valence-electron chi connectivity index (χ4n) is 0.878. The van der Waals surface area contributed by atoms with E-state index < -0.39 is 12.6 Å². The fraction of sp³-hybridized carbons (Fsp3) is 0.250. The van der Waals surface area contributed by atoms with Crippen molar-refractivity contribution in [2.24, 2.45) is 0 Å². The summed E-state index contributed by atoms with van der Waals surface area (Å²) in [7, 11) is 0. The second kappa shape index (κ2) is 3.35. The zero-order valence-electron chi connectivity index (χ0n) is 6.03. The second-order valence-corrected chi connectivity index (χ2v) is 2.86. The van der Waals surface area contributed by atoms with E-state index in [1.807, 2.05) is 0 Å². The average Bonchev–Trinajstić information content (AvgIpc) is 1.82. The molecule has 1 rings (SSSR count). The summed E-state index contributed by atoms with van der Waals surface area (Å²) in [5.41, 5.74) is 0.190. The maximum absolute atomic E-state index is 11.8. The zero-order chi connectivity index (χ0) is 9.19. The molecule has 4 heteroatoms. The summed E-state index contributed by atoms with van der Waals surface area (Å²) in [6, 6.07) is 5.76. The number of hydrogen-bond donors (Lipinski definition) is 0. The Morgan fingerprint density at radius 3 is 2.42 bits per heavy atom. The summed E-state index contributed by atoms with van der Waals surface area (Å²) >= 11 is 5.51. The Hall–Kier alpha value is -0.700. The maximum Gasteiger partial charge on any atom is 0.393 e. The van der Waals surface area contributed by atoms with Crippen LogP contribution in [0.5, 0.6) is 0 Å². The van der Waals surface area contributed by atoms with E-state index in [1.54, 1.807) is 6.07 Å². The van der Waals surface area contributed by atoms with Gasteiger partial charge in [0, 0.05) is 5.02 Å². The lowest BCUT2D eigenvalue weighted by molar-refractivity contribution is -0.127. The standard InChI is InChI=1S/C8H6ClF3/c9-7-3-1-2-6(4-7)5-8(10,11)12/h1-4H,5H2. The third-order valence-corrected chi connectivity index (χ3v) is 1.53. The maximum atomic E-state index is 11.8. The molecule has 0 aliphatic rings. The third-order valence-electron chi connectivity index (χ3n) is 1.29. The van der Waals surface area contributed by atoms with Gasteiger partial charge in [-0.2, -0.15) is 13.2 Å². The molecule has 0 atom stereocenters. The lowest BCUT2D eigenvalue weighted by Gasteiger charge is -2.05. The van der Waals surface area contributed by atoms with E-state index in [0.717, 1.165) is 0 Å². The molecule has 1 aromatic carbocycles. The van der Waals surface area contributed by atoms with Crippen molar-refractivity contribution < 1.29 is 13.2 Å². The van der Waals surface area contributed by atoms with Crippen LogP contribution >= 0.6 is 11.6 Å². The summed E-state index contributed by atoms with van der Waals surface area (Å²) in [6.07, 6.45) is -5.09. The lowest BCUT2D eigenvalue weighted by Crippen LogP contribution is -2.11. The molecule has 0 fully saturated rings. The Bertz CT molecular complexity index is 267. The van der Waals surface area contributed by atoms with Crippen molar-refractivity contribution in [3.8, 4) is 0 Å². The zero-order valence-corrected chi connectivity index (χ0v) is 6.78. The van der Waals surface area contributed by atoms with Crippen LogP contribution < -0.4 is 0 Å². The molecule has 0 aliphatic carbocycles. The van der Waals surface area contributed by atoms with Crippen molar-refractivity contribution in [3.05, 3.63) is 34.9 Å². The van der Waals surface area contributed by atoms with Crippen molar-refractivity contribution in [3.63, 3.8) is 0 Å². The van der Waals surface area contributed by atoms with Crippen molar-refractivity contribution in [2.45, 2.75) is 12.6 Å². The molecule has 0 unspecified atom stereocenters. The molecule has 0 N–H and O–H groups in total. The number of benzene rings is 1. The van der Waals surface area contributed by atoms with E-state index in [0.29, 0.717) is 5.02 Å². The van der Waals surface area contributed by atoms with Crippen molar-refractivity contribution in [1.29, 1.82) is 0 Å². The lowest BCUT2D eigenvalue weighted by atomic mass is 10.1. The molecule has 0 heterocycles. The van der Waals surface area contributed by atoms with E-state index in [9.17, 15) is 13.2 Å². The van der Waals surface area contributed by atoms with Crippen LogP contribution in [-0.4, -0.2) is 6.18 Å². The van der Waals surface area contributed by atoms with Gasteiger partial charge in [-0.05, 0) is 17.7 Å². The van der Waals surface area contributed by atoms with Crippen LogP contribution in [0.15, 0.2) is 24.3 Å². The first-order chi connectivity index (χ1) is 5.47. The Morgan fingerprint density at radius 2 is 1.92 bits per heavy atom. The molecule has 0 nitrogen and oxygen atoms in total. The molecule has 0 aromatic heterocycles.